The molecule has 0 radical (unpaired) electrons. The van der Waals surface area contributed by atoms with Gasteiger partial charge in [0.15, 0.2) is 0 Å². The van der Waals surface area contributed by atoms with Crippen LogP contribution in [-0.2, 0) is 11.2 Å². The van der Waals surface area contributed by atoms with E-state index in [0.29, 0.717) is 6.42 Å². The van der Waals surface area contributed by atoms with Crippen LogP contribution in [-0.4, -0.2) is 47.5 Å². The predicted octanol–water partition coefficient (Wildman–Crippen LogP) is 4.39. The fourth-order valence-corrected chi connectivity index (χ4v) is 4.15. The van der Waals surface area contributed by atoms with E-state index in [1.165, 1.54) is 23.1 Å². The lowest BCUT2D eigenvalue weighted by molar-refractivity contribution is -0.127. The van der Waals surface area contributed by atoms with Crippen molar-refractivity contribution in [1.29, 1.82) is 0 Å². The number of amides is 1. The van der Waals surface area contributed by atoms with E-state index in [1.807, 2.05) is 35.7 Å². The van der Waals surface area contributed by atoms with Crippen LogP contribution in [0.3, 0.4) is 0 Å². The van der Waals surface area contributed by atoms with Gasteiger partial charge in [0.1, 0.15) is 5.82 Å². The van der Waals surface area contributed by atoms with Gasteiger partial charge >= 0.3 is 0 Å². The first-order chi connectivity index (χ1) is 13.7. The molecule has 3 heterocycles. The molecule has 4 rings (SSSR count). The topological polar surface area (TPSA) is 49.3 Å². The molecule has 0 saturated carbocycles. The summed E-state index contributed by atoms with van der Waals surface area (Å²) in [4.78, 5) is 24.0. The number of pyridine rings is 1. The van der Waals surface area contributed by atoms with Crippen molar-refractivity contribution >= 4 is 33.3 Å². The van der Waals surface area contributed by atoms with Gasteiger partial charge in [0.2, 0.25) is 5.91 Å². The number of aryl methyl sites for hydroxylation is 1. The summed E-state index contributed by atoms with van der Waals surface area (Å²) < 4.78 is 1.36. The molecule has 0 unspecified atom stereocenters. The van der Waals surface area contributed by atoms with Crippen molar-refractivity contribution in [2.45, 2.75) is 32.6 Å². The number of hydrogen-bond donors (Lipinski definition) is 0. The van der Waals surface area contributed by atoms with Crippen LogP contribution in [0.15, 0.2) is 48.1 Å². The molecule has 28 heavy (non-hydrogen) atoms. The number of thiazole rings is 1. The smallest absolute Gasteiger partial charge is 0.222 e. The molecule has 1 saturated heterocycles. The van der Waals surface area contributed by atoms with E-state index in [2.05, 4.69) is 40.0 Å². The Morgan fingerprint density at radius 3 is 2.79 bits per heavy atom. The average molecular weight is 397 g/mol. The number of fused-ring (bicyclic) bond motifs is 1. The molecule has 3 aromatic rings. The Bertz CT molecular complexity index is 880. The lowest BCUT2D eigenvalue weighted by atomic mass is 10.1. The van der Waals surface area contributed by atoms with Crippen molar-refractivity contribution in [3.05, 3.63) is 53.7 Å². The molecule has 1 aliphatic heterocycles. The lowest BCUT2D eigenvalue weighted by Crippen LogP contribution is -2.34. The van der Waals surface area contributed by atoms with Gasteiger partial charge in [-0.25, -0.2) is 9.97 Å². The van der Waals surface area contributed by atoms with E-state index in [4.69, 9.17) is 0 Å². The molecule has 0 aliphatic carbocycles. The molecule has 6 heteroatoms. The van der Waals surface area contributed by atoms with E-state index in [0.717, 1.165) is 37.4 Å². The number of likely N-dealkylation sites (tertiary alicyclic amines) is 1. The Morgan fingerprint density at radius 2 is 2.07 bits per heavy atom. The van der Waals surface area contributed by atoms with E-state index >= 15 is 0 Å². The Kier molecular flexibility index (Phi) is 7.37. The Morgan fingerprint density at radius 1 is 1.18 bits per heavy atom. The van der Waals surface area contributed by atoms with E-state index in [9.17, 15) is 4.79 Å². The number of likely N-dealkylation sites (N-methyl/N-ethyl adjacent to an activating group) is 1. The minimum atomic E-state index is 0.287. The van der Waals surface area contributed by atoms with Crippen molar-refractivity contribution in [3.63, 3.8) is 0 Å². The normalized spacial score (nSPS) is 13.5. The maximum Gasteiger partial charge on any atom is 0.222 e. The zero-order valence-electron chi connectivity index (χ0n) is 16.7. The summed E-state index contributed by atoms with van der Waals surface area (Å²) in [6, 6.07) is 12.2. The van der Waals surface area contributed by atoms with Crippen LogP contribution in [0.4, 0.5) is 5.82 Å². The van der Waals surface area contributed by atoms with Crippen molar-refractivity contribution in [2.24, 2.45) is 0 Å². The highest BCUT2D eigenvalue weighted by molar-refractivity contribution is 7.16. The molecule has 5 nitrogen and oxygen atoms in total. The minimum Gasteiger partial charge on any atom is -0.358 e. The first-order valence-electron chi connectivity index (χ1n) is 9.90. The summed E-state index contributed by atoms with van der Waals surface area (Å²) in [6.45, 7) is 4.75. The maximum absolute atomic E-state index is 11.4. The van der Waals surface area contributed by atoms with E-state index in [1.54, 1.807) is 17.5 Å². The van der Waals surface area contributed by atoms with Crippen LogP contribution in [0.25, 0.3) is 10.2 Å². The van der Waals surface area contributed by atoms with Gasteiger partial charge in [-0.1, -0.05) is 31.5 Å². The monoisotopic (exact) mass is 396 g/mol. The summed E-state index contributed by atoms with van der Waals surface area (Å²) in [6.07, 6.45) is 5.88. The molecular weight excluding hydrogens is 368 g/mol. The van der Waals surface area contributed by atoms with Crippen LogP contribution >= 0.6 is 11.3 Å². The van der Waals surface area contributed by atoms with E-state index < -0.39 is 0 Å². The molecular formula is C22H28N4OS. The number of anilines is 1. The fraction of sp³-hybridized carbons (Fsp3) is 0.409. The first kappa shape index (κ1) is 20.3. The average Bonchev–Trinajstić information content (AvgIpc) is 3.37. The minimum absolute atomic E-state index is 0.287. The van der Waals surface area contributed by atoms with Gasteiger partial charge in [-0.05, 0) is 36.6 Å². The van der Waals surface area contributed by atoms with Crippen molar-refractivity contribution in [2.75, 3.05) is 31.6 Å². The standard InChI is InChI=1S/C12H17N3O.C10H11NS/c1-14(11-5-2-3-7-13-11)9-10-15-8-4-6-12(15)16;1-2-4-8-5-3-6-9-10(8)12-7-11-9/h2-3,5,7H,4,6,8-10H2,1H3;3,5-7H,2,4H2,1H3. The number of carbonyl (C=O) groups is 1. The number of aromatic nitrogens is 2. The molecule has 0 bridgehead atoms. The fourth-order valence-electron chi connectivity index (χ4n) is 3.32. The van der Waals surface area contributed by atoms with E-state index in [-0.39, 0.29) is 5.91 Å². The lowest BCUT2D eigenvalue weighted by Gasteiger charge is -2.22. The summed E-state index contributed by atoms with van der Waals surface area (Å²) in [5, 5.41) is 0. The zero-order chi connectivity index (χ0) is 19.8. The molecule has 1 aromatic carbocycles. The molecule has 1 fully saturated rings. The number of carbonyl (C=O) groups excluding carboxylic acids is 1. The second kappa shape index (κ2) is 10.2. The van der Waals surface area contributed by atoms with Crippen LogP contribution in [0.1, 0.15) is 31.7 Å². The summed E-state index contributed by atoms with van der Waals surface area (Å²) >= 11 is 1.74. The predicted molar refractivity (Wildman–Crippen MR) is 117 cm³/mol. The first-order valence-corrected chi connectivity index (χ1v) is 10.8. The summed E-state index contributed by atoms with van der Waals surface area (Å²) in [7, 11) is 2.00. The molecule has 2 aromatic heterocycles. The number of hydrogen-bond acceptors (Lipinski definition) is 5. The highest BCUT2D eigenvalue weighted by atomic mass is 32.1. The molecule has 148 valence electrons. The Hall–Kier alpha value is -2.47. The van der Waals surface area contributed by atoms with Gasteiger partial charge in [-0.2, -0.15) is 0 Å². The van der Waals surface area contributed by atoms with Crippen LogP contribution in [0.5, 0.6) is 0 Å². The molecule has 0 spiro atoms. The number of rotatable bonds is 6. The SMILES string of the molecule is CCCc1cccc2ncsc12.CN(CCN1CCCC1=O)c1ccccn1. The Labute approximate surface area is 171 Å². The molecule has 0 atom stereocenters. The van der Waals surface area contributed by atoms with Crippen LogP contribution in [0.2, 0.25) is 0 Å². The van der Waals surface area contributed by atoms with Gasteiger partial charge in [-0.3, -0.25) is 4.79 Å². The summed E-state index contributed by atoms with van der Waals surface area (Å²) in [5.74, 6) is 1.24. The maximum atomic E-state index is 11.4. The number of nitrogens with zero attached hydrogens (tertiary/aromatic N) is 4. The third kappa shape index (κ3) is 5.29. The molecule has 1 aliphatic rings. The highest BCUT2D eigenvalue weighted by Crippen LogP contribution is 2.22. The zero-order valence-corrected chi connectivity index (χ0v) is 17.5. The third-order valence-electron chi connectivity index (χ3n) is 4.87. The molecule has 1 amide bonds. The van der Waals surface area contributed by atoms with Crippen molar-refractivity contribution in [1.82, 2.24) is 14.9 Å². The summed E-state index contributed by atoms with van der Waals surface area (Å²) in [5.41, 5.74) is 4.51. The second-order valence-electron chi connectivity index (χ2n) is 6.96. The number of benzene rings is 1. The second-order valence-corrected chi connectivity index (χ2v) is 7.82. The van der Waals surface area contributed by atoms with Gasteiger partial charge in [0.25, 0.3) is 0 Å². The molecule has 0 N–H and O–H groups in total. The van der Waals surface area contributed by atoms with Gasteiger partial charge in [-0.15, -0.1) is 11.3 Å². The Balaban J connectivity index is 0.000000167. The van der Waals surface area contributed by atoms with Gasteiger partial charge in [0.05, 0.1) is 15.7 Å². The van der Waals surface area contributed by atoms with Crippen molar-refractivity contribution in [3.8, 4) is 0 Å². The quantitative estimate of drug-likeness (QED) is 0.620. The van der Waals surface area contributed by atoms with Crippen molar-refractivity contribution < 1.29 is 4.79 Å². The van der Waals surface area contributed by atoms with Gasteiger partial charge in [0, 0.05) is 39.3 Å². The largest absolute Gasteiger partial charge is 0.358 e. The van der Waals surface area contributed by atoms with Crippen LogP contribution in [0, 0.1) is 0 Å². The highest BCUT2D eigenvalue weighted by Gasteiger charge is 2.19. The van der Waals surface area contributed by atoms with Gasteiger partial charge < -0.3 is 9.80 Å². The third-order valence-corrected chi connectivity index (χ3v) is 5.79. The van der Waals surface area contributed by atoms with Crippen LogP contribution < -0.4 is 4.90 Å².